The molecule has 0 saturated carbocycles. The summed E-state index contributed by atoms with van der Waals surface area (Å²) in [5.41, 5.74) is 2.48. The van der Waals surface area contributed by atoms with Crippen LogP contribution in [0.4, 0.5) is 5.69 Å². The molecule has 0 atom stereocenters. The molecule has 0 fully saturated rings. The van der Waals surface area contributed by atoms with Crippen LogP contribution < -0.4 is 15.8 Å². The van der Waals surface area contributed by atoms with Crippen molar-refractivity contribution in [3.63, 3.8) is 0 Å². The average Bonchev–Trinajstić information content (AvgIpc) is 2.48. The number of rotatable bonds is 8. The Balaban J connectivity index is 2.43. The first kappa shape index (κ1) is 17.8. The van der Waals surface area contributed by atoms with Crippen molar-refractivity contribution in [2.45, 2.75) is 13.3 Å². The van der Waals surface area contributed by atoms with Crippen LogP contribution in [0.1, 0.15) is 18.9 Å². The van der Waals surface area contributed by atoms with Crippen molar-refractivity contribution in [3.8, 4) is 5.75 Å². The van der Waals surface area contributed by atoms with Gasteiger partial charge in [0.05, 0.1) is 11.1 Å². The number of nitro groups is 1. The minimum Gasteiger partial charge on any atom is -0.872 e. The van der Waals surface area contributed by atoms with Crippen molar-refractivity contribution in [2.24, 2.45) is 5.10 Å². The monoisotopic (exact) mass is 325 g/mol. The molecule has 0 aliphatic carbocycles. The highest BCUT2D eigenvalue weighted by Crippen LogP contribution is 2.18. The van der Waals surface area contributed by atoms with Crippen LogP contribution in [0, 0.1) is 10.1 Å². The van der Waals surface area contributed by atoms with Gasteiger partial charge in [-0.3, -0.25) is 15.5 Å². The molecule has 0 amide bonds. The molecule has 1 aromatic rings. The summed E-state index contributed by atoms with van der Waals surface area (Å²) < 4.78 is 5.17. The van der Waals surface area contributed by atoms with Crippen LogP contribution in [0.3, 0.4) is 0 Å². The molecule has 0 aliphatic rings. The van der Waals surface area contributed by atoms with Gasteiger partial charge in [-0.05, 0) is 31.1 Å². The normalized spacial score (nSPS) is 10.6. The van der Waals surface area contributed by atoms with Gasteiger partial charge in [-0.15, -0.1) is 0 Å². The van der Waals surface area contributed by atoms with Gasteiger partial charge >= 0.3 is 0 Å². The number of hydrogen-bond donors (Lipinski definition) is 2. The maximum Gasteiger partial charge on any atom is 0.270 e. The molecule has 9 heteroatoms. The summed E-state index contributed by atoms with van der Waals surface area (Å²) in [7, 11) is 0. The summed E-state index contributed by atoms with van der Waals surface area (Å²) in [6, 6.07) is 3.44. The predicted molar refractivity (Wildman–Crippen MR) is 85.0 cm³/mol. The highest BCUT2D eigenvalue weighted by molar-refractivity contribution is 7.80. The van der Waals surface area contributed by atoms with Crippen LogP contribution in [-0.4, -0.2) is 36.0 Å². The zero-order valence-corrected chi connectivity index (χ0v) is 12.9. The fraction of sp³-hybridized carbons (Fsp3) is 0.385. The molecule has 0 saturated heterocycles. The number of ether oxygens (including phenoxy) is 1. The van der Waals surface area contributed by atoms with Crippen molar-refractivity contribution in [1.82, 2.24) is 10.7 Å². The minimum atomic E-state index is -0.575. The van der Waals surface area contributed by atoms with Crippen molar-refractivity contribution >= 4 is 29.2 Å². The highest BCUT2D eigenvalue weighted by Gasteiger charge is 2.05. The Kier molecular flexibility index (Phi) is 7.79. The topological polar surface area (TPSA) is 112 Å². The van der Waals surface area contributed by atoms with Gasteiger partial charge in [0.2, 0.25) is 0 Å². The molecule has 22 heavy (non-hydrogen) atoms. The molecular formula is C13H17N4O4S-. The summed E-state index contributed by atoms with van der Waals surface area (Å²) in [6.45, 7) is 3.87. The smallest absolute Gasteiger partial charge is 0.270 e. The summed E-state index contributed by atoms with van der Waals surface area (Å²) in [4.78, 5) is 10.1. The number of nitrogens with zero attached hydrogens (tertiary/aromatic N) is 2. The van der Waals surface area contributed by atoms with Crippen LogP contribution in [0.5, 0.6) is 5.75 Å². The molecule has 2 N–H and O–H groups in total. The predicted octanol–water partition coefficient (Wildman–Crippen LogP) is 0.893. The first-order chi connectivity index (χ1) is 10.5. The van der Waals surface area contributed by atoms with Crippen molar-refractivity contribution in [1.29, 1.82) is 0 Å². The standard InChI is InChI=1S/C13H18N4O4S/c1-2-21-7-3-6-14-13(22)16-15-9-10-8-11(17(19)20)4-5-12(10)18/h4-5,8-9,18H,2-3,6-7H2,1H3,(H2,14,16,22)/p-1/b15-9-. The highest BCUT2D eigenvalue weighted by atomic mass is 32.1. The number of hydrazone groups is 1. The van der Waals surface area contributed by atoms with Gasteiger partial charge in [-0.2, -0.15) is 5.10 Å². The maximum absolute atomic E-state index is 11.5. The minimum absolute atomic E-state index is 0.112. The SMILES string of the molecule is CCOCCCNC(=S)N/N=C\c1cc([N+](=O)[O-])ccc1[O-]. The molecule has 8 nitrogen and oxygen atoms in total. The quantitative estimate of drug-likeness (QED) is 0.240. The van der Waals surface area contributed by atoms with Gasteiger partial charge in [0.25, 0.3) is 5.69 Å². The van der Waals surface area contributed by atoms with Crippen molar-refractivity contribution in [2.75, 3.05) is 19.8 Å². The molecule has 1 rings (SSSR count). The van der Waals surface area contributed by atoms with Gasteiger partial charge in [0.15, 0.2) is 5.11 Å². The molecule has 0 bridgehead atoms. The molecule has 0 aliphatic heterocycles. The van der Waals surface area contributed by atoms with Gasteiger partial charge < -0.3 is 15.2 Å². The fourth-order valence-corrected chi connectivity index (χ4v) is 1.63. The Hall–Kier alpha value is -2.26. The Bertz CT molecular complexity index is 551. The van der Waals surface area contributed by atoms with E-state index in [9.17, 15) is 15.2 Å². The molecule has 0 radical (unpaired) electrons. The van der Waals surface area contributed by atoms with Crippen LogP contribution in [0.2, 0.25) is 0 Å². The Morgan fingerprint density at radius 2 is 2.32 bits per heavy atom. The molecule has 0 heterocycles. The number of non-ortho nitro benzene ring substituents is 1. The van der Waals surface area contributed by atoms with Gasteiger partial charge in [0, 0.05) is 31.9 Å². The third-order valence-corrected chi connectivity index (χ3v) is 2.76. The second-order valence-corrected chi connectivity index (χ2v) is 4.56. The summed E-state index contributed by atoms with van der Waals surface area (Å²) in [6.07, 6.45) is 2.00. The number of benzene rings is 1. The van der Waals surface area contributed by atoms with Gasteiger partial charge in [-0.1, -0.05) is 11.8 Å². The van der Waals surface area contributed by atoms with E-state index in [2.05, 4.69) is 15.8 Å². The molecule has 0 aromatic heterocycles. The van der Waals surface area contributed by atoms with Crippen LogP contribution in [-0.2, 0) is 4.74 Å². The van der Waals surface area contributed by atoms with E-state index >= 15 is 0 Å². The van der Waals surface area contributed by atoms with Crippen LogP contribution in [0.25, 0.3) is 0 Å². The van der Waals surface area contributed by atoms with E-state index in [1.54, 1.807) is 0 Å². The average molecular weight is 325 g/mol. The van der Waals surface area contributed by atoms with Crippen molar-refractivity contribution in [3.05, 3.63) is 33.9 Å². The lowest BCUT2D eigenvalue weighted by atomic mass is 10.2. The van der Waals surface area contributed by atoms with E-state index in [-0.39, 0.29) is 17.0 Å². The lowest BCUT2D eigenvalue weighted by molar-refractivity contribution is -0.385. The Morgan fingerprint density at radius 1 is 1.55 bits per heavy atom. The van der Waals surface area contributed by atoms with Crippen LogP contribution >= 0.6 is 12.2 Å². The largest absolute Gasteiger partial charge is 0.872 e. The van der Waals surface area contributed by atoms with Crippen LogP contribution in [0.15, 0.2) is 23.3 Å². The summed E-state index contributed by atoms with van der Waals surface area (Å²) in [5, 5.41) is 29.2. The van der Waals surface area contributed by atoms with E-state index < -0.39 is 4.92 Å². The van der Waals surface area contributed by atoms with E-state index in [0.717, 1.165) is 24.6 Å². The molecule has 1 aromatic carbocycles. The van der Waals surface area contributed by atoms with Gasteiger partial charge in [0.1, 0.15) is 0 Å². The van der Waals surface area contributed by atoms with E-state index in [4.69, 9.17) is 17.0 Å². The molecule has 0 spiro atoms. The molecule has 0 unspecified atom stereocenters. The van der Waals surface area contributed by atoms with Gasteiger partial charge in [-0.25, -0.2) is 0 Å². The second-order valence-electron chi connectivity index (χ2n) is 4.16. The lowest BCUT2D eigenvalue weighted by Crippen LogP contribution is -2.33. The number of thiocarbonyl (C=S) groups is 1. The third kappa shape index (κ3) is 6.46. The first-order valence-corrected chi connectivity index (χ1v) is 7.05. The maximum atomic E-state index is 11.5. The Morgan fingerprint density at radius 3 is 3.00 bits per heavy atom. The van der Waals surface area contributed by atoms with Crippen molar-refractivity contribution < 1.29 is 14.8 Å². The number of hydrogen-bond acceptors (Lipinski definition) is 6. The Labute approximate surface area is 133 Å². The van der Waals surface area contributed by atoms with E-state index in [0.29, 0.717) is 24.9 Å². The zero-order valence-electron chi connectivity index (χ0n) is 12.1. The first-order valence-electron chi connectivity index (χ1n) is 6.64. The lowest BCUT2D eigenvalue weighted by Gasteiger charge is -2.09. The number of nitro benzene ring substituents is 1. The second kappa shape index (κ2) is 9.64. The van der Waals surface area contributed by atoms with E-state index in [1.165, 1.54) is 6.21 Å². The number of nitrogens with one attached hydrogen (secondary N) is 2. The molecular weight excluding hydrogens is 308 g/mol. The summed E-state index contributed by atoms with van der Waals surface area (Å²) >= 11 is 4.98. The fourth-order valence-electron chi connectivity index (χ4n) is 1.47. The third-order valence-electron chi connectivity index (χ3n) is 2.53. The van der Waals surface area contributed by atoms with E-state index in [1.807, 2.05) is 6.92 Å². The zero-order chi connectivity index (χ0) is 16.4. The summed E-state index contributed by atoms with van der Waals surface area (Å²) in [5.74, 6) is -0.355. The molecule has 120 valence electrons.